The van der Waals surface area contributed by atoms with Gasteiger partial charge in [0.1, 0.15) is 0 Å². The Morgan fingerprint density at radius 2 is 2.36 bits per heavy atom. The molecule has 1 amide bonds. The van der Waals surface area contributed by atoms with Crippen molar-refractivity contribution in [2.24, 2.45) is 5.92 Å². The van der Waals surface area contributed by atoms with Crippen LogP contribution in [0.1, 0.15) is 26.2 Å². The zero-order valence-corrected chi connectivity index (χ0v) is 8.55. The minimum atomic E-state index is -0.0206. The number of nitrogens with one attached hydrogen (secondary N) is 2. The standard InChI is InChI=1S/C10H17N3O/c1-8(9-3-4-9)13-7-10(14)12-6-2-5-11/h8-9,13H,2-4,6-7H2,1H3,(H,12,14). The van der Waals surface area contributed by atoms with Gasteiger partial charge >= 0.3 is 0 Å². The molecule has 0 aliphatic heterocycles. The molecular formula is C10H17N3O. The van der Waals surface area contributed by atoms with Crippen LogP contribution in [-0.4, -0.2) is 25.0 Å². The summed E-state index contributed by atoms with van der Waals surface area (Å²) in [5, 5.41) is 14.1. The van der Waals surface area contributed by atoms with Crippen molar-refractivity contribution >= 4 is 5.91 Å². The second-order valence-corrected chi connectivity index (χ2v) is 3.77. The Labute approximate surface area is 84.7 Å². The average Bonchev–Trinajstić information content (AvgIpc) is 2.98. The molecule has 0 heterocycles. The normalized spacial score (nSPS) is 17.1. The Kier molecular flexibility index (Phi) is 4.41. The quantitative estimate of drug-likeness (QED) is 0.603. The molecule has 4 heteroatoms. The van der Waals surface area contributed by atoms with Crippen molar-refractivity contribution in [1.29, 1.82) is 5.26 Å². The summed E-state index contributed by atoms with van der Waals surface area (Å²) < 4.78 is 0. The summed E-state index contributed by atoms with van der Waals surface area (Å²) >= 11 is 0. The number of nitrogens with zero attached hydrogens (tertiary/aromatic N) is 1. The molecule has 2 N–H and O–H groups in total. The van der Waals surface area contributed by atoms with Gasteiger partial charge in [0.25, 0.3) is 0 Å². The molecule has 1 unspecified atom stereocenters. The van der Waals surface area contributed by atoms with Crippen molar-refractivity contribution in [2.75, 3.05) is 13.1 Å². The molecule has 1 aliphatic carbocycles. The molecule has 1 rings (SSSR count). The van der Waals surface area contributed by atoms with Gasteiger partial charge in [0.05, 0.1) is 19.0 Å². The first kappa shape index (κ1) is 11.0. The number of carbonyl (C=O) groups excluding carboxylic acids is 1. The molecule has 0 aromatic carbocycles. The van der Waals surface area contributed by atoms with Crippen LogP contribution in [0, 0.1) is 17.2 Å². The fourth-order valence-electron chi connectivity index (χ4n) is 1.34. The second kappa shape index (κ2) is 5.61. The molecule has 1 fully saturated rings. The van der Waals surface area contributed by atoms with E-state index in [1.807, 2.05) is 6.07 Å². The summed E-state index contributed by atoms with van der Waals surface area (Å²) in [6, 6.07) is 2.42. The lowest BCUT2D eigenvalue weighted by atomic mass is 10.2. The Morgan fingerprint density at radius 3 is 2.93 bits per heavy atom. The third kappa shape index (κ3) is 4.24. The van der Waals surface area contributed by atoms with Gasteiger partial charge in [-0.15, -0.1) is 0 Å². The highest BCUT2D eigenvalue weighted by molar-refractivity contribution is 5.77. The minimum Gasteiger partial charge on any atom is -0.354 e. The predicted octanol–water partition coefficient (Wildman–Crippen LogP) is 0.404. The van der Waals surface area contributed by atoms with E-state index < -0.39 is 0 Å². The molecule has 0 spiro atoms. The number of hydrogen-bond acceptors (Lipinski definition) is 3. The lowest BCUT2D eigenvalue weighted by molar-refractivity contribution is -0.120. The smallest absolute Gasteiger partial charge is 0.233 e. The van der Waals surface area contributed by atoms with Crippen molar-refractivity contribution in [3.63, 3.8) is 0 Å². The van der Waals surface area contributed by atoms with E-state index in [0.29, 0.717) is 25.6 Å². The Morgan fingerprint density at radius 1 is 1.64 bits per heavy atom. The van der Waals surface area contributed by atoms with Crippen LogP contribution < -0.4 is 10.6 Å². The van der Waals surface area contributed by atoms with Crippen LogP contribution in [0.3, 0.4) is 0 Å². The monoisotopic (exact) mass is 195 g/mol. The Balaban J connectivity index is 1.99. The van der Waals surface area contributed by atoms with Crippen molar-refractivity contribution < 1.29 is 4.79 Å². The van der Waals surface area contributed by atoms with Gasteiger partial charge in [0, 0.05) is 12.6 Å². The van der Waals surface area contributed by atoms with E-state index in [2.05, 4.69) is 17.6 Å². The lowest BCUT2D eigenvalue weighted by Gasteiger charge is -2.11. The van der Waals surface area contributed by atoms with Gasteiger partial charge in [0.2, 0.25) is 5.91 Å². The van der Waals surface area contributed by atoms with Crippen LogP contribution in [-0.2, 0) is 4.79 Å². The van der Waals surface area contributed by atoms with Crippen molar-refractivity contribution in [2.45, 2.75) is 32.2 Å². The van der Waals surface area contributed by atoms with E-state index in [4.69, 9.17) is 5.26 Å². The third-order valence-corrected chi connectivity index (χ3v) is 2.47. The van der Waals surface area contributed by atoms with Crippen molar-refractivity contribution in [3.8, 4) is 6.07 Å². The van der Waals surface area contributed by atoms with Gasteiger partial charge < -0.3 is 10.6 Å². The fraction of sp³-hybridized carbons (Fsp3) is 0.800. The highest BCUT2D eigenvalue weighted by Crippen LogP contribution is 2.32. The van der Waals surface area contributed by atoms with Crippen LogP contribution >= 0.6 is 0 Å². The SMILES string of the molecule is CC(NCC(=O)NCCC#N)C1CC1. The Hall–Kier alpha value is -1.08. The van der Waals surface area contributed by atoms with Gasteiger partial charge in [-0.05, 0) is 25.7 Å². The average molecular weight is 195 g/mol. The number of amides is 1. The van der Waals surface area contributed by atoms with Crippen LogP contribution in [0.25, 0.3) is 0 Å². The van der Waals surface area contributed by atoms with Gasteiger partial charge in [-0.2, -0.15) is 5.26 Å². The number of nitriles is 1. The maximum Gasteiger partial charge on any atom is 0.233 e. The van der Waals surface area contributed by atoms with Gasteiger partial charge in [-0.25, -0.2) is 0 Å². The second-order valence-electron chi connectivity index (χ2n) is 3.77. The summed E-state index contributed by atoms with van der Waals surface area (Å²) in [7, 11) is 0. The topological polar surface area (TPSA) is 64.9 Å². The Bertz CT molecular complexity index is 230. The summed E-state index contributed by atoms with van der Waals surface area (Å²) in [6.07, 6.45) is 2.94. The van der Waals surface area contributed by atoms with E-state index in [0.717, 1.165) is 5.92 Å². The molecule has 0 aromatic rings. The molecule has 0 saturated heterocycles. The molecule has 1 atom stereocenters. The number of rotatable bonds is 6. The molecule has 1 aliphatic rings. The molecule has 0 bridgehead atoms. The highest BCUT2D eigenvalue weighted by atomic mass is 16.1. The van der Waals surface area contributed by atoms with E-state index in [-0.39, 0.29) is 5.91 Å². The molecule has 1 saturated carbocycles. The zero-order chi connectivity index (χ0) is 10.4. The molecule has 4 nitrogen and oxygen atoms in total. The molecule has 78 valence electrons. The summed E-state index contributed by atoms with van der Waals surface area (Å²) in [5.41, 5.74) is 0. The molecule has 14 heavy (non-hydrogen) atoms. The maximum absolute atomic E-state index is 11.2. The van der Waals surface area contributed by atoms with E-state index in [1.54, 1.807) is 0 Å². The van der Waals surface area contributed by atoms with E-state index in [1.165, 1.54) is 12.8 Å². The molecular weight excluding hydrogens is 178 g/mol. The van der Waals surface area contributed by atoms with Gasteiger partial charge in [-0.1, -0.05) is 0 Å². The number of hydrogen-bond donors (Lipinski definition) is 2. The summed E-state index contributed by atoms with van der Waals surface area (Å²) in [5.74, 6) is 0.745. The van der Waals surface area contributed by atoms with Crippen LogP contribution in [0.4, 0.5) is 0 Å². The van der Waals surface area contributed by atoms with Crippen molar-refractivity contribution in [1.82, 2.24) is 10.6 Å². The van der Waals surface area contributed by atoms with Crippen LogP contribution in [0.15, 0.2) is 0 Å². The van der Waals surface area contributed by atoms with Crippen LogP contribution in [0.5, 0.6) is 0 Å². The summed E-state index contributed by atoms with van der Waals surface area (Å²) in [6.45, 7) is 2.93. The third-order valence-electron chi connectivity index (χ3n) is 2.47. The van der Waals surface area contributed by atoms with Gasteiger partial charge in [0.15, 0.2) is 0 Å². The first-order valence-electron chi connectivity index (χ1n) is 5.11. The fourth-order valence-corrected chi connectivity index (χ4v) is 1.34. The van der Waals surface area contributed by atoms with E-state index >= 15 is 0 Å². The predicted molar refractivity (Wildman–Crippen MR) is 53.4 cm³/mol. The molecule has 0 radical (unpaired) electrons. The highest BCUT2D eigenvalue weighted by Gasteiger charge is 2.27. The first-order valence-corrected chi connectivity index (χ1v) is 5.11. The maximum atomic E-state index is 11.2. The van der Waals surface area contributed by atoms with Crippen LogP contribution in [0.2, 0.25) is 0 Å². The number of carbonyl (C=O) groups is 1. The zero-order valence-electron chi connectivity index (χ0n) is 8.55. The van der Waals surface area contributed by atoms with E-state index in [9.17, 15) is 4.79 Å². The first-order chi connectivity index (χ1) is 6.74. The summed E-state index contributed by atoms with van der Waals surface area (Å²) in [4.78, 5) is 11.2. The lowest BCUT2D eigenvalue weighted by Crippen LogP contribution is -2.39. The largest absolute Gasteiger partial charge is 0.354 e. The minimum absolute atomic E-state index is 0.0206. The van der Waals surface area contributed by atoms with Gasteiger partial charge in [-0.3, -0.25) is 4.79 Å². The molecule has 0 aromatic heterocycles. The van der Waals surface area contributed by atoms with Crippen molar-refractivity contribution in [3.05, 3.63) is 0 Å².